The summed E-state index contributed by atoms with van der Waals surface area (Å²) in [7, 11) is 0. The molecule has 0 unspecified atom stereocenters. The van der Waals surface area contributed by atoms with Crippen LogP contribution in [0.2, 0.25) is 0 Å². The summed E-state index contributed by atoms with van der Waals surface area (Å²) >= 11 is 0. The van der Waals surface area contributed by atoms with E-state index in [0.29, 0.717) is 42.8 Å². The summed E-state index contributed by atoms with van der Waals surface area (Å²) in [5.41, 5.74) is 0.457. The number of amides is 2. The minimum Gasteiger partial charge on any atom is -0.490 e. The van der Waals surface area contributed by atoms with Crippen molar-refractivity contribution in [1.29, 1.82) is 0 Å². The van der Waals surface area contributed by atoms with E-state index >= 15 is 0 Å². The number of carboxylic acid groups (broad SMARTS) is 1. The van der Waals surface area contributed by atoms with Crippen LogP contribution in [0.15, 0.2) is 12.1 Å². The lowest BCUT2D eigenvalue weighted by atomic mass is 10.2. The standard InChI is InChI=1S/C16H24N2O6/c1-4-22-12-9-11(18-16(21)17-8-7-14(19)20)10-13(23-5-2)15(12)24-6-3/h9-10H,4-8H2,1-3H3,(H,19,20)(H2,17,18,21). The van der Waals surface area contributed by atoms with E-state index < -0.39 is 12.0 Å². The van der Waals surface area contributed by atoms with Gasteiger partial charge in [0.05, 0.1) is 31.9 Å². The van der Waals surface area contributed by atoms with E-state index in [2.05, 4.69) is 10.6 Å². The first-order chi connectivity index (χ1) is 11.5. The number of aliphatic carboxylic acids is 1. The smallest absolute Gasteiger partial charge is 0.319 e. The molecule has 8 nitrogen and oxygen atoms in total. The third kappa shape index (κ3) is 6.23. The van der Waals surface area contributed by atoms with E-state index in [9.17, 15) is 9.59 Å². The molecule has 8 heteroatoms. The largest absolute Gasteiger partial charge is 0.490 e. The summed E-state index contributed by atoms with van der Waals surface area (Å²) in [4.78, 5) is 22.3. The van der Waals surface area contributed by atoms with Gasteiger partial charge in [-0.15, -0.1) is 0 Å². The van der Waals surface area contributed by atoms with Gasteiger partial charge in [-0.25, -0.2) is 4.79 Å². The normalized spacial score (nSPS) is 9.96. The number of carboxylic acids is 1. The Bertz CT molecular complexity index is 534. The zero-order valence-corrected chi connectivity index (χ0v) is 14.2. The number of carbonyl (C=O) groups is 2. The third-order valence-corrected chi connectivity index (χ3v) is 2.79. The second-order valence-corrected chi connectivity index (χ2v) is 4.63. The van der Waals surface area contributed by atoms with Crippen molar-refractivity contribution in [1.82, 2.24) is 5.32 Å². The molecule has 0 aliphatic carbocycles. The van der Waals surface area contributed by atoms with Gasteiger partial charge in [-0.3, -0.25) is 4.79 Å². The Kier molecular flexibility index (Phi) is 8.24. The quantitative estimate of drug-likeness (QED) is 0.604. The summed E-state index contributed by atoms with van der Waals surface area (Å²) < 4.78 is 16.7. The molecule has 134 valence electrons. The fourth-order valence-electron chi connectivity index (χ4n) is 1.92. The van der Waals surface area contributed by atoms with Crippen molar-refractivity contribution < 1.29 is 28.9 Å². The monoisotopic (exact) mass is 340 g/mol. The summed E-state index contributed by atoms with van der Waals surface area (Å²) in [6, 6.07) is 2.76. The number of carbonyl (C=O) groups excluding carboxylic acids is 1. The van der Waals surface area contributed by atoms with Gasteiger partial charge in [-0.1, -0.05) is 0 Å². The molecule has 0 heterocycles. The molecule has 0 fully saturated rings. The molecular weight excluding hydrogens is 316 g/mol. The van der Waals surface area contributed by atoms with Gasteiger partial charge in [-0.05, 0) is 20.8 Å². The molecule has 1 rings (SSSR count). The second-order valence-electron chi connectivity index (χ2n) is 4.63. The molecule has 3 N–H and O–H groups in total. The number of hydrogen-bond acceptors (Lipinski definition) is 5. The van der Waals surface area contributed by atoms with Crippen molar-refractivity contribution in [3.63, 3.8) is 0 Å². The zero-order chi connectivity index (χ0) is 17.9. The van der Waals surface area contributed by atoms with Gasteiger partial charge < -0.3 is 30.0 Å². The Morgan fingerprint density at radius 2 is 1.54 bits per heavy atom. The highest BCUT2D eigenvalue weighted by Crippen LogP contribution is 2.40. The molecule has 0 saturated heterocycles. The first kappa shape index (κ1) is 19.4. The molecule has 0 aliphatic heterocycles. The third-order valence-electron chi connectivity index (χ3n) is 2.79. The second kappa shape index (κ2) is 10.2. The Balaban J connectivity index is 2.93. The van der Waals surface area contributed by atoms with Crippen molar-refractivity contribution in [3.05, 3.63) is 12.1 Å². The lowest BCUT2D eigenvalue weighted by Gasteiger charge is -2.17. The van der Waals surface area contributed by atoms with Crippen molar-refractivity contribution in [2.45, 2.75) is 27.2 Å². The van der Waals surface area contributed by atoms with Crippen LogP contribution in [-0.4, -0.2) is 43.5 Å². The van der Waals surface area contributed by atoms with Crippen LogP contribution in [0.25, 0.3) is 0 Å². The van der Waals surface area contributed by atoms with Crippen LogP contribution in [-0.2, 0) is 4.79 Å². The molecule has 0 bridgehead atoms. The van der Waals surface area contributed by atoms with Crippen LogP contribution < -0.4 is 24.8 Å². The summed E-state index contributed by atoms with van der Waals surface area (Å²) in [6.45, 7) is 6.88. The molecule has 2 amide bonds. The summed E-state index contributed by atoms with van der Waals surface area (Å²) in [5.74, 6) is 0.434. The molecule has 0 aliphatic rings. The number of rotatable bonds is 10. The average molecular weight is 340 g/mol. The van der Waals surface area contributed by atoms with Gasteiger partial charge in [0.1, 0.15) is 0 Å². The molecule has 1 aromatic rings. The van der Waals surface area contributed by atoms with Gasteiger partial charge in [0.25, 0.3) is 0 Å². The first-order valence-corrected chi connectivity index (χ1v) is 7.84. The van der Waals surface area contributed by atoms with Crippen LogP contribution in [0.4, 0.5) is 10.5 Å². The summed E-state index contributed by atoms with van der Waals surface area (Å²) in [5, 5.41) is 13.7. The number of nitrogens with one attached hydrogen (secondary N) is 2. The van der Waals surface area contributed by atoms with E-state index in [4.69, 9.17) is 19.3 Å². The SMILES string of the molecule is CCOc1cc(NC(=O)NCCC(=O)O)cc(OCC)c1OCC. The van der Waals surface area contributed by atoms with E-state index in [-0.39, 0.29) is 13.0 Å². The lowest BCUT2D eigenvalue weighted by molar-refractivity contribution is -0.136. The summed E-state index contributed by atoms with van der Waals surface area (Å²) in [6.07, 6.45) is -0.148. The first-order valence-electron chi connectivity index (χ1n) is 7.84. The predicted molar refractivity (Wildman–Crippen MR) is 89.2 cm³/mol. The van der Waals surface area contributed by atoms with E-state index in [1.807, 2.05) is 20.8 Å². The highest BCUT2D eigenvalue weighted by molar-refractivity contribution is 5.90. The van der Waals surface area contributed by atoms with Gasteiger partial charge in [0.2, 0.25) is 5.75 Å². The fourth-order valence-corrected chi connectivity index (χ4v) is 1.92. The van der Waals surface area contributed by atoms with E-state index in [1.165, 1.54) is 0 Å². The maximum absolute atomic E-state index is 11.8. The van der Waals surface area contributed by atoms with Crippen LogP contribution in [0.5, 0.6) is 17.2 Å². The molecule has 0 saturated carbocycles. The maximum Gasteiger partial charge on any atom is 0.319 e. The Morgan fingerprint density at radius 1 is 1.00 bits per heavy atom. The zero-order valence-electron chi connectivity index (χ0n) is 14.2. The number of hydrogen-bond donors (Lipinski definition) is 3. The molecule has 24 heavy (non-hydrogen) atoms. The van der Waals surface area contributed by atoms with Gasteiger partial charge in [0.15, 0.2) is 11.5 Å². The number of urea groups is 1. The average Bonchev–Trinajstić information content (AvgIpc) is 2.50. The topological polar surface area (TPSA) is 106 Å². The van der Waals surface area contributed by atoms with Crippen LogP contribution in [0.3, 0.4) is 0 Å². The number of ether oxygens (including phenoxy) is 3. The highest BCUT2D eigenvalue weighted by atomic mass is 16.5. The minimum atomic E-state index is -0.978. The van der Waals surface area contributed by atoms with Crippen molar-refractivity contribution in [2.75, 3.05) is 31.7 Å². The van der Waals surface area contributed by atoms with Gasteiger partial charge in [-0.2, -0.15) is 0 Å². The Labute approximate surface area is 141 Å². The molecule has 0 radical (unpaired) electrons. The molecule has 0 aromatic heterocycles. The molecular formula is C16H24N2O6. The Hall–Kier alpha value is -2.64. The van der Waals surface area contributed by atoms with Gasteiger partial charge in [0, 0.05) is 18.7 Å². The van der Waals surface area contributed by atoms with E-state index in [0.717, 1.165) is 0 Å². The predicted octanol–water partition coefficient (Wildman–Crippen LogP) is 2.48. The fraction of sp³-hybridized carbons (Fsp3) is 0.500. The minimum absolute atomic E-state index is 0.0365. The maximum atomic E-state index is 11.8. The number of anilines is 1. The van der Waals surface area contributed by atoms with Crippen LogP contribution in [0.1, 0.15) is 27.2 Å². The number of benzene rings is 1. The molecule has 0 atom stereocenters. The Morgan fingerprint density at radius 3 is 2.00 bits per heavy atom. The van der Waals surface area contributed by atoms with Crippen LogP contribution >= 0.6 is 0 Å². The van der Waals surface area contributed by atoms with Crippen LogP contribution in [0, 0.1) is 0 Å². The molecule has 1 aromatic carbocycles. The van der Waals surface area contributed by atoms with E-state index in [1.54, 1.807) is 12.1 Å². The highest BCUT2D eigenvalue weighted by Gasteiger charge is 2.16. The van der Waals surface area contributed by atoms with Gasteiger partial charge >= 0.3 is 12.0 Å². The molecule has 0 spiro atoms. The lowest BCUT2D eigenvalue weighted by Crippen LogP contribution is -2.30. The van der Waals surface area contributed by atoms with Crippen molar-refractivity contribution in [2.24, 2.45) is 0 Å². The van der Waals surface area contributed by atoms with Crippen molar-refractivity contribution in [3.8, 4) is 17.2 Å². The van der Waals surface area contributed by atoms with Crippen molar-refractivity contribution >= 4 is 17.7 Å².